The molecular formula is C18H22BrN3O2. The Morgan fingerprint density at radius 3 is 2.42 bits per heavy atom. The third-order valence-corrected chi connectivity index (χ3v) is 6.83. The lowest BCUT2D eigenvalue weighted by Crippen LogP contribution is -2.54. The number of carbonyl (C=O) groups is 2. The minimum absolute atomic E-state index is 0.0875. The van der Waals surface area contributed by atoms with E-state index < -0.39 is 0 Å². The number of nitrogens with zero attached hydrogens (tertiary/aromatic N) is 1. The molecule has 6 heteroatoms. The molecule has 1 aromatic rings. The van der Waals surface area contributed by atoms with Crippen molar-refractivity contribution in [3.05, 3.63) is 30.1 Å². The fourth-order valence-corrected chi connectivity index (χ4v) is 7.14. The number of hydrogen-bond acceptors (Lipinski definition) is 3. The molecule has 1 heterocycles. The molecule has 24 heavy (non-hydrogen) atoms. The van der Waals surface area contributed by atoms with Gasteiger partial charge in [-0.3, -0.25) is 25.4 Å². The molecule has 4 bridgehead atoms. The molecule has 2 atom stereocenters. The lowest BCUT2D eigenvalue weighted by Gasteiger charge is -2.60. The van der Waals surface area contributed by atoms with E-state index in [4.69, 9.17) is 0 Å². The standard InChI is InChI=1S/C18H22BrN3O2/c19-18-8-12-5-13(9-18)7-17(6-12,11-18)10-15(23)21-22-16(24)14-1-3-20-4-2-14/h1-4,12-13H,5-11H2,(H,21,23)(H,22,24). The number of rotatable bonds is 3. The van der Waals surface area contributed by atoms with Gasteiger partial charge >= 0.3 is 0 Å². The van der Waals surface area contributed by atoms with Crippen LogP contribution in [0.3, 0.4) is 0 Å². The number of carbonyl (C=O) groups excluding carboxylic acids is 2. The molecule has 2 N–H and O–H groups in total. The minimum Gasteiger partial charge on any atom is -0.273 e. The first-order valence-corrected chi connectivity index (χ1v) is 9.43. The second-order valence-corrected chi connectivity index (χ2v) is 9.71. The maximum Gasteiger partial charge on any atom is 0.269 e. The van der Waals surface area contributed by atoms with E-state index in [0.29, 0.717) is 12.0 Å². The second kappa shape index (κ2) is 5.83. The van der Waals surface area contributed by atoms with Crippen molar-refractivity contribution >= 4 is 27.7 Å². The van der Waals surface area contributed by atoms with E-state index in [1.165, 1.54) is 19.3 Å². The van der Waals surface area contributed by atoms with Gasteiger partial charge in [0.15, 0.2) is 0 Å². The number of nitrogens with one attached hydrogen (secondary N) is 2. The number of hydrazine groups is 1. The second-order valence-electron chi connectivity index (χ2n) is 8.03. The van der Waals surface area contributed by atoms with Gasteiger partial charge in [-0.2, -0.15) is 0 Å². The summed E-state index contributed by atoms with van der Waals surface area (Å²) in [7, 11) is 0. The van der Waals surface area contributed by atoms with Crippen LogP contribution in [0.15, 0.2) is 24.5 Å². The molecule has 4 aliphatic rings. The lowest BCUT2D eigenvalue weighted by atomic mass is 9.48. The van der Waals surface area contributed by atoms with E-state index in [0.717, 1.165) is 31.1 Å². The third kappa shape index (κ3) is 3.08. The summed E-state index contributed by atoms with van der Waals surface area (Å²) in [6, 6.07) is 3.24. The Kier molecular flexibility index (Phi) is 3.90. The Labute approximate surface area is 150 Å². The van der Waals surface area contributed by atoms with Gasteiger partial charge in [-0.05, 0) is 67.9 Å². The van der Waals surface area contributed by atoms with Gasteiger partial charge in [-0.15, -0.1) is 0 Å². The van der Waals surface area contributed by atoms with Gasteiger partial charge in [-0.25, -0.2) is 0 Å². The van der Waals surface area contributed by atoms with Crippen LogP contribution in [0.2, 0.25) is 0 Å². The van der Waals surface area contributed by atoms with E-state index in [1.807, 2.05) is 0 Å². The maximum atomic E-state index is 12.4. The van der Waals surface area contributed by atoms with Crippen LogP contribution in [0.25, 0.3) is 0 Å². The van der Waals surface area contributed by atoms with Gasteiger partial charge in [0, 0.05) is 28.7 Å². The zero-order valence-electron chi connectivity index (χ0n) is 13.6. The molecule has 0 spiro atoms. The average molecular weight is 392 g/mol. The monoisotopic (exact) mass is 391 g/mol. The predicted molar refractivity (Wildman–Crippen MR) is 93.2 cm³/mol. The Morgan fingerprint density at radius 2 is 1.79 bits per heavy atom. The number of hydrogen-bond donors (Lipinski definition) is 2. The van der Waals surface area contributed by atoms with Crippen LogP contribution in [0.4, 0.5) is 0 Å². The Hall–Kier alpha value is -1.43. The van der Waals surface area contributed by atoms with E-state index >= 15 is 0 Å². The van der Waals surface area contributed by atoms with Crippen LogP contribution in [0, 0.1) is 17.3 Å². The number of pyridine rings is 1. The fourth-order valence-electron chi connectivity index (χ4n) is 5.63. The molecule has 5 rings (SSSR count). The third-order valence-electron chi connectivity index (χ3n) is 5.90. The van der Waals surface area contributed by atoms with Gasteiger partial charge in [0.1, 0.15) is 0 Å². The predicted octanol–water partition coefficient (Wildman–Crippen LogP) is 2.97. The average Bonchev–Trinajstić information content (AvgIpc) is 2.50. The normalized spacial score (nSPS) is 36.4. The first-order chi connectivity index (χ1) is 11.5. The summed E-state index contributed by atoms with van der Waals surface area (Å²) in [5.74, 6) is 1.11. The molecule has 2 amide bonds. The topological polar surface area (TPSA) is 71.1 Å². The summed E-state index contributed by atoms with van der Waals surface area (Å²) in [6.07, 6.45) is 10.9. The highest BCUT2D eigenvalue weighted by molar-refractivity contribution is 9.10. The Morgan fingerprint density at radius 1 is 1.12 bits per heavy atom. The molecular weight excluding hydrogens is 370 g/mol. The highest BCUT2D eigenvalue weighted by Gasteiger charge is 2.57. The van der Waals surface area contributed by atoms with Crippen LogP contribution in [0.5, 0.6) is 0 Å². The van der Waals surface area contributed by atoms with Gasteiger partial charge < -0.3 is 0 Å². The largest absolute Gasteiger partial charge is 0.273 e. The van der Waals surface area contributed by atoms with Crippen molar-refractivity contribution in [2.45, 2.75) is 49.3 Å². The SMILES string of the molecule is O=C(CC12CC3CC(CC(Br)(C3)C1)C2)NNC(=O)c1ccncc1. The van der Waals surface area contributed by atoms with E-state index in [1.54, 1.807) is 24.5 Å². The van der Waals surface area contributed by atoms with Gasteiger partial charge in [0.2, 0.25) is 5.91 Å². The van der Waals surface area contributed by atoms with Gasteiger partial charge in [0.05, 0.1) is 0 Å². The van der Waals surface area contributed by atoms with Crippen LogP contribution in [-0.2, 0) is 4.79 Å². The molecule has 0 aliphatic heterocycles. The van der Waals surface area contributed by atoms with Crippen molar-refractivity contribution in [2.24, 2.45) is 17.3 Å². The summed E-state index contributed by atoms with van der Waals surface area (Å²) in [5.41, 5.74) is 5.70. The first kappa shape index (κ1) is 16.1. The molecule has 0 aromatic carbocycles. The van der Waals surface area contributed by atoms with Crippen LogP contribution >= 0.6 is 15.9 Å². The van der Waals surface area contributed by atoms with Crippen molar-refractivity contribution < 1.29 is 9.59 Å². The van der Waals surface area contributed by atoms with Crippen LogP contribution in [0.1, 0.15) is 55.3 Å². The summed E-state index contributed by atoms with van der Waals surface area (Å²) >= 11 is 3.97. The summed E-state index contributed by atoms with van der Waals surface area (Å²) in [4.78, 5) is 28.3. The highest BCUT2D eigenvalue weighted by atomic mass is 79.9. The molecule has 0 saturated heterocycles. The zero-order chi connectivity index (χ0) is 16.8. The fraction of sp³-hybridized carbons (Fsp3) is 0.611. The molecule has 4 aliphatic carbocycles. The molecule has 4 saturated carbocycles. The molecule has 5 nitrogen and oxygen atoms in total. The molecule has 128 valence electrons. The zero-order valence-corrected chi connectivity index (χ0v) is 15.1. The van der Waals surface area contributed by atoms with E-state index in [9.17, 15) is 9.59 Å². The summed E-state index contributed by atoms with van der Waals surface area (Å²) < 4.78 is 0.248. The van der Waals surface area contributed by atoms with E-state index in [2.05, 4.69) is 31.8 Å². The van der Waals surface area contributed by atoms with Crippen molar-refractivity contribution in [1.82, 2.24) is 15.8 Å². The van der Waals surface area contributed by atoms with E-state index in [-0.39, 0.29) is 21.6 Å². The number of alkyl halides is 1. The smallest absolute Gasteiger partial charge is 0.269 e. The summed E-state index contributed by atoms with van der Waals surface area (Å²) in [5, 5.41) is 0. The minimum atomic E-state index is -0.312. The van der Waals surface area contributed by atoms with Crippen molar-refractivity contribution in [2.75, 3.05) is 0 Å². The van der Waals surface area contributed by atoms with Crippen LogP contribution in [-0.4, -0.2) is 21.1 Å². The number of amides is 2. The van der Waals surface area contributed by atoms with Gasteiger partial charge in [-0.1, -0.05) is 15.9 Å². The first-order valence-electron chi connectivity index (χ1n) is 8.64. The number of aromatic nitrogens is 1. The summed E-state index contributed by atoms with van der Waals surface area (Å²) in [6.45, 7) is 0. The van der Waals surface area contributed by atoms with Gasteiger partial charge in [0.25, 0.3) is 5.91 Å². The molecule has 1 aromatic heterocycles. The highest BCUT2D eigenvalue weighted by Crippen LogP contribution is 2.65. The molecule has 2 unspecified atom stereocenters. The molecule has 4 fully saturated rings. The van der Waals surface area contributed by atoms with Crippen LogP contribution < -0.4 is 10.9 Å². The lowest BCUT2D eigenvalue weighted by molar-refractivity contribution is -0.128. The van der Waals surface area contributed by atoms with Crippen molar-refractivity contribution in [3.8, 4) is 0 Å². The molecule has 0 radical (unpaired) electrons. The maximum absolute atomic E-state index is 12.4. The van der Waals surface area contributed by atoms with Crippen molar-refractivity contribution in [1.29, 1.82) is 0 Å². The number of halogens is 1. The van der Waals surface area contributed by atoms with Crippen molar-refractivity contribution in [3.63, 3.8) is 0 Å². The quantitative estimate of drug-likeness (QED) is 0.614. The Bertz CT molecular complexity index is 649. The Balaban J connectivity index is 1.36.